The number of pyridine rings is 2. The van der Waals surface area contributed by atoms with Gasteiger partial charge in [0.15, 0.2) is 0 Å². The summed E-state index contributed by atoms with van der Waals surface area (Å²) in [7, 11) is 1.53. The van der Waals surface area contributed by atoms with Gasteiger partial charge in [0.05, 0.1) is 29.6 Å². The van der Waals surface area contributed by atoms with E-state index in [9.17, 15) is 4.79 Å². The molecule has 3 aromatic rings. The first-order valence-corrected chi connectivity index (χ1v) is 7.74. The second-order valence-corrected chi connectivity index (χ2v) is 5.85. The number of fused-ring (bicyclic) bond motifs is 1. The van der Waals surface area contributed by atoms with Gasteiger partial charge in [0, 0.05) is 28.9 Å². The fourth-order valence-electron chi connectivity index (χ4n) is 2.46. The first kappa shape index (κ1) is 16.2. The van der Waals surface area contributed by atoms with Crippen molar-refractivity contribution in [1.29, 1.82) is 0 Å². The van der Waals surface area contributed by atoms with Gasteiger partial charge in [-0.1, -0.05) is 11.6 Å². The van der Waals surface area contributed by atoms with Crippen molar-refractivity contribution < 1.29 is 9.53 Å². The molecule has 122 valence electrons. The maximum atomic E-state index is 12.7. The van der Waals surface area contributed by atoms with Crippen molar-refractivity contribution in [2.75, 3.05) is 12.4 Å². The van der Waals surface area contributed by atoms with Crippen LogP contribution in [0.15, 0.2) is 36.7 Å². The number of nitrogens with one attached hydrogen (secondary N) is 1. The molecule has 3 rings (SSSR count). The Balaban J connectivity index is 1.99. The molecule has 0 fully saturated rings. The topological polar surface area (TPSA) is 64.1 Å². The van der Waals surface area contributed by atoms with Gasteiger partial charge in [-0.2, -0.15) is 0 Å². The molecule has 0 bridgehead atoms. The Kier molecular flexibility index (Phi) is 4.36. The predicted molar refractivity (Wildman–Crippen MR) is 95.0 cm³/mol. The molecular formula is C18H16ClN3O2. The lowest BCUT2D eigenvalue weighted by atomic mass is 10.1. The minimum absolute atomic E-state index is 0.259. The third-order valence-electron chi connectivity index (χ3n) is 3.78. The maximum Gasteiger partial charge on any atom is 0.257 e. The van der Waals surface area contributed by atoms with Gasteiger partial charge in [-0.3, -0.25) is 14.8 Å². The lowest BCUT2D eigenvalue weighted by molar-refractivity contribution is 0.102. The number of aromatic nitrogens is 2. The van der Waals surface area contributed by atoms with Gasteiger partial charge in [-0.25, -0.2) is 0 Å². The molecule has 1 N–H and O–H groups in total. The van der Waals surface area contributed by atoms with Crippen LogP contribution < -0.4 is 10.1 Å². The van der Waals surface area contributed by atoms with Crippen molar-refractivity contribution in [3.63, 3.8) is 0 Å². The zero-order valence-electron chi connectivity index (χ0n) is 13.6. The van der Waals surface area contributed by atoms with Crippen LogP contribution in [0.2, 0.25) is 5.02 Å². The molecule has 0 spiro atoms. The lowest BCUT2D eigenvalue weighted by Crippen LogP contribution is -2.15. The summed E-state index contributed by atoms with van der Waals surface area (Å²) in [6, 6.07) is 7.07. The SMILES string of the molecule is COc1cc(Cl)c(C)cc1NC(=O)c1cc2cnccc2nc1C. The average Bonchev–Trinajstić information content (AvgIpc) is 2.57. The Morgan fingerprint density at radius 1 is 1.25 bits per heavy atom. The van der Waals surface area contributed by atoms with Crippen molar-refractivity contribution >= 4 is 34.1 Å². The van der Waals surface area contributed by atoms with Gasteiger partial charge in [-0.05, 0) is 37.6 Å². The summed E-state index contributed by atoms with van der Waals surface area (Å²) in [4.78, 5) is 21.2. The van der Waals surface area contributed by atoms with E-state index in [1.807, 2.05) is 13.0 Å². The average molecular weight is 342 g/mol. The van der Waals surface area contributed by atoms with Crippen LogP contribution >= 0.6 is 11.6 Å². The smallest absolute Gasteiger partial charge is 0.257 e. The molecule has 0 unspecified atom stereocenters. The number of aryl methyl sites for hydroxylation is 2. The summed E-state index contributed by atoms with van der Waals surface area (Å²) < 4.78 is 5.29. The number of ether oxygens (including phenoxy) is 1. The minimum Gasteiger partial charge on any atom is -0.495 e. The van der Waals surface area contributed by atoms with E-state index in [1.54, 1.807) is 37.5 Å². The molecular weight excluding hydrogens is 326 g/mol. The monoisotopic (exact) mass is 341 g/mol. The normalized spacial score (nSPS) is 10.7. The van der Waals surface area contributed by atoms with Gasteiger partial charge in [-0.15, -0.1) is 0 Å². The predicted octanol–water partition coefficient (Wildman–Crippen LogP) is 4.16. The molecule has 0 aliphatic heterocycles. The van der Waals surface area contributed by atoms with Crippen molar-refractivity contribution in [2.24, 2.45) is 0 Å². The highest BCUT2D eigenvalue weighted by atomic mass is 35.5. The van der Waals surface area contributed by atoms with Gasteiger partial charge in [0.2, 0.25) is 0 Å². The highest BCUT2D eigenvalue weighted by Gasteiger charge is 2.15. The molecule has 1 aromatic carbocycles. The quantitative estimate of drug-likeness (QED) is 0.776. The molecule has 0 radical (unpaired) electrons. The number of benzene rings is 1. The van der Waals surface area contributed by atoms with Crippen LogP contribution in [0.25, 0.3) is 10.9 Å². The summed E-state index contributed by atoms with van der Waals surface area (Å²) in [5.74, 6) is 0.248. The largest absolute Gasteiger partial charge is 0.495 e. The van der Waals surface area contributed by atoms with E-state index in [0.717, 1.165) is 16.5 Å². The van der Waals surface area contributed by atoms with Crippen LogP contribution in [0.4, 0.5) is 5.69 Å². The molecule has 5 nitrogen and oxygen atoms in total. The Labute approximate surface area is 144 Å². The number of rotatable bonds is 3. The number of methoxy groups -OCH3 is 1. The first-order chi connectivity index (χ1) is 11.5. The van der Waals surface area contributed by atoms with E-state index >= 15 is 0 Å². The van der Waals surface area contributed by atoms with E-state index in [2.05, 4.69) is 15.3 Å². The van der Waals surface area contributed by atoms with Crippen LogP contribution in [-0.2, 0) is 0 Å². The van der Waals surface area contributed by atoms with Crippen molar-refractivity contribution in [3.8, 4) is 5.75 Å². The summed E-state index contributed by atoms with van der Waals surface area (Å²) in [5.41, 5.74) is 3.36. The number of carbonyl (C=O) groups is 1. The van der Waals surface area contributed by atoms with Crippen LogP contribution in [0.1, 0.15) is 21.6 Å². The molecule has 0 atom stereocenters. The Morgan fingerprint density at radius 2 is 2.04 bits per heavy atom. The van der Waals surface area contributed by atoms with Crippen molar-refractivity contribution in [1.82, 2.24) is 9.97 Å². The van der Waals surface area contributed by atoms with Crippen molar-refractivity contribution in [3.05, 3.63) is 58.5 Å². The number of carbonyl (C=O) groups excluding carboxylic acids is 1. The van der Waals surface area contributed by atoms with Crippen LogP contribution in [0.3, 0.4) is 0 Å². The number of halogens is 1. The summed E-state index contributed by atoms with van der Waals surface area (Å²) in [6.07, 6.45) is 3.36. The zero-order chi connectivity index (χ0) is 17.3. The van der Waals surface area contributed by atoms with Gasteiger partial charge in [0.1, 0.15) is 5.75 Å². The second-order valence-electron chi connectivity index (χ2n) is 5.45. The van der Waals surface area contributed by atoms with Crippen LogP contribution in [0.5, 0.6) is 5.75 Å². The van der Waals surface area contributed by atoms with Gasteiger partial charge < -0.3 is 10.1 Å². The molecule has 6 heteroatoms. The number of hydrogen-bond acceptors (Lipinski definition) is 4. The van der Waals surface area contributed by atoms with E-state index in [0.29, 0.717) is 27.7 Å². The highest BCUT2D eigenvalue weighted by molar-refractivity contribution is 6.31. The number of hydrogen-bond donors (Lipinski definition) is 1. The van der Waals surface area contributed by atoms with Gasteiger partial charge in [0.25, 0.3) is 5.91 Å². The van der Waals surface area contributed by atoms with Crippen LogP contribution in [0, 0.1) is 13.8 Å². The van der Waals surface area contributed by atoms with E-state index < -0.39 is 0 Å². The molecule has 1 amide bonds. The number of amides is 1. The summed E-state index contributed by atoms with van der Waals surface area (Å²) in [6.45, 7) is 3.67. The van der Waals surface area contributed by atoms with Crippen LogP contribution in [-0.4, -0.2) is 23.0 Å². The Morgan fingerprint density at radius 3 is 2.79 bits per heavy atom. The third-order valence-corrected chi connectivity index (χ3v) is 4.19. The number of anilines is 1. The molecule has 0 saturated carbocycles. The lowest BCUT2D eigenvalue weighted by Gasteiger charge is -2.13. The molecule has 2 heterocycles. The minimum atomic E-state index is -0.259. The first-order valence-electron chi connectivity index (χ1n) is 7.36. The molecule has 2 aromatic heterocycles. The Bertz CT molecular complexity index is 941. The number of nitrogens with zero attached hydrogens (tertiary/aromatic N) is 2. The zero-order valence-corrected chi connectivity index (χ0v) is 14.3. The third kappa shape index (κ3) is 3.03. The fourth-order valence-corrected chi connectivity index (χ4v) is 2.62. The summed E-state index contributed by atoms with van der Waals surface area (Å²) in [5, 5.41) is 4.26. The molecule has 0 aliphatic carbocycles. The second kappa shape index (κ2) is 6.45. The van der Waals surface area contributed by atoms with E-state index in [-0.39, 0.29) is 5.91 Å². The van der Waals surface area contributed by atoms with E-state index in [4.69, 9.17) is 16.3 Å². The maximum absolute atomic E-state index is 12.7. The fraction of sp³-hybridized carbons (Fsp3) is 0.167. The highest BCUT2D eigenvalue weighted by Crippen LogP contribution is 2.31. The molecule has 0 saturated heterocycles. The van der Waals surface area contributed by atoms with Crippen molar-refractivity contribution in [2.45, 2.75) is 13.8 Å². The Hall–Kier alpha value is -2.66. The molecule has 24 heavy (non-hydrogen) atoms. The standard InChI is InChI=1S/C18H16ClN3O2/c1-10-6-16(17(24-3)8-14(10)19)22-18(23)13-7-12-9-20-5-4-15(12)21-11(13)2/h4-9H,1-3H3,(H,22,23). The van der Waals surface area contributed by atoms with E-state index in [1.165, 1.54) is 7.11 Å². The summed E-state index contributed by atoms with van der Waals surface area (Å²) >= 11 is 6.10. The van der Waals surface area contributed by atoms with Gasteiger partial charge >= 0.3 is 0 Å². The molecule has 0 aliphatic rings.